The van der Waals surface area contributed by atoms with Gasteiger partial charge in [0.05, 0.1) is 0 Å². The van der Waals surface area contributed by atoms with Gasteiger partial charge in [0.15, 0.2) is 5.96 Å². The van der Waals surface area contributed by atoms with Gasteiger partial charge in [0, 0.05) is 36.6 Å². The van der Waals surface area contributed by atoms with Crippen molar-refractivity contribution < 1.29 is 4.79 Å². The predicted octanol–water partition coefficient (Wildman–Crippen LogP) is 3.25. The maximum absolute atomic E-state index is 11.7. The summed E-state index contributed by atoms with van der Waals surface area (Å²) in [6, 6.07) is 2.17. The number of nitrogens with zero attached hydrogens (tertiary/aromatic N) is 1. The summed E-state index contributed by atoms with van der Waals surface area (Å²) < 4.78 is 0. The Labute approximate surface area is 134 Å². The van der Waals surface area contributed by atoms with E-state index in [-0.39, 0.29) is 11.9 Å². The van der Waals surface area contributed by atoms with Crippen molar-refractivity contribution in [3.63, 3.8) is 0 Å². The molecule has 0 fully saturated rings. The molecule has 1 aromatic rings. The summed E-state index contributed by atoms with van der Waals surface area (Å²) in [5, 5.41) is 15.2. The highest BCUT2D eigenvalue weighted by Crippen LogP contribution is 2.35. The van der Waals surface area contributed by atoms with E-state index in [0.29, 0.717) is 18.9 Å². The molecule has 2 N–H and O–H groups in total. The van der Waals surface area contributed by atoms with Crippen LogP contribution in [0.2, 0.25) is 0 Å². The SMILES string of the molecule is CCCC(=O)N(C)C(=N)NCC1=CC(c2ccsc2)CS1. The number of hydrogen-bond donors (Lipinski definition) is 2. The third kappa shape index (κ3) is 4.35. The lowest BCUT2D eigenvalue weighted by molar-refractivity contribution is -0.126. The molecular weight excluding hydrogens is 302 g/mol. The average Bonchev–Trinajstić information content (AvgIpc) is 3.14. The van der Waals surface area contributed by atoms with Crippen LogP contribution in [-0.4, -0.2) is 36.1 Å². The molecule has 1 unspecified atom stereocenters. The van der Waals surface area contributed by atoms with Crippen LogP contribution in [0.3, 0.4) is 0 Å². The Morgan fingerprint density at radius 1 is 1.57 bits per heavy atom. The van der Waals surface area contributed by atoms with Gasteiger partial charge < -0.3 is 5.32 Å². The topological polar surface area (TPSA) is 56.2 Å². The number of hydrogen-bond acceptors (Lipinski definition) is 4. The summed E-state index contributed by atoms with van der Waals surface area (Å²) in [5.74, 6) is 1.70. The monoisotopic (exact) mass is 323 g/mol. The lowest BCUT2D eigenvalue weighted by atomic mass is 10.0. The first kappa shape index (κ1) is 16.1. The van der Waals surface area contributed by atoms with Gasteiger partial charge in [-0.1, -0.05) is 13.0 Å². The van der Waals surface area contributed by atoms with Crippen molar-refractivity contribution in [3.05, 3.63) is 33.4 Å². The van der Waals surface area contributed by atoms with Crippen molar-refractivity contribution in [2.24, 2.45) is 0 Å². The first-order chi connectivity index (χ1) is 10.1. The molecular formula is C15H21N3OS2. The number of thiophene rings is 1. The number of rotatable bonds is 5. The Balaban J connectivity index is 1.82. The zero-order chi connectivity index (χ0) is 15.2. The molecule has 21 heavy (non-hydrogen) atoms. The van der Waals surface area contributed by atoms with E-state index < -0.39 is 0 Å². The van der Waals surface area contributed by atoms with Crippen LogP contribution in [0.25, 0.3) is 0 Å². The molecule has 0 bridgehead atoms. The molecule has 0 aliphatic carbocycles. The smallest absolute Gasteiger partial charge is 0.228 e. The van der Waals surface area contributed by atoms with Crippen molar-refractivity contribution in [2.75, 3.05) is 19.3 Å². The molecule has 0 radical (unpaired) electrons. The first-order valence-electron chi connectivity index (χ1n) is 7.06. The third-order valence-electron chi connectivity index (χ3n) is 3.41. The minimum Gasteiger partial charge on any atom is -0.351 e. The zero-order valence-corrected chi connectivity index (χ0v) is 14.0. The number of amides is 1. The van der Waals surface area contributed by atoms with Crippen molar-refractivity contribution in [2.45, 2.75) is 25.7 Å². The Morgan fingerprint density at radius 2 is 2.38 bits per heavy atom. The largest absolute Gasteiger partial charge is 0.351 e. The highest BCUT2D eigenvalue weighted by atomic mass is 32.2. The van der Waals surface area contributed by atoms with Gasteiger partial charge in [-0.25, -0.2) is 0 Å². The molecule has 6 heteroatoms. The predicted molar refractivity (Wildman–Crippen MR) is 91.0 cm³/mol. The van der Waals surface area contributed by atoms with Gasteiger partial charge in [0.2, 0.25) is 5.91 Å². The Kier molecular flexibility index (Phi) is 5.87. The molecule has 1 aliphatic rings. The number of allylic oxidation sites excluding steroid dienone is 1. The van der Waals surface area contributed by atoms with Crippen molar-refractivity contribution in [1.82, 2.24) is 10.2 Å². The van der Waals surface area contributed by atoms with E-state index in [1.165, 1.54) is 15.4 Å². The Hall–Kier alpha value is -1.27. The maximum atomic E-state index is 11.7. The van der Waals surface area contributed by atoms with Gasteiger partial charge in [-0.15, -0.1) is 11.8 Å². The van der Waals surface area contributed by atoms with Crippen LogP contribution in [0.15, 0.2) is 27.8 Å². The van der Waals surface area contributed by atoms with Crippen LogP contribution in [0.5, 0.6) is 0 Å². The normalized spacial score (nSPS) is 17.4. The van der Waals surface area contributed by atoms with Gasteiger partial charge in [0.1, 0.15) is 0 Å². The first-order valence-corrected chi connectivity index (χ1v) is 8.99. The van der Waals surface area contributed by atoms with Crippen LogP contribution in [0, 0.1) is 5.41 Å². The Bertz CT molecular complexity index is 525. The quantitative estimate of drug-likeness (QED) is 0.646. The summed E-state index contributed by atoms with van der Waals surface area (Å²) in [7, 11) is 1.65. The molecule has 114 valence electrons. The van der Waals surface area contributed by atoms with Crippen LogP contribution < -0.4 is 5.32 Å². The standard InChI is InChI=1S/C15H21N3OS2/c1-3-4-14(19)18(2)15(16)17-8-13-7-12(10-21-13)11-5-6-20-9-11/h5-7,9,12H,3-4,8,10H2,1-2H3,(H2,16,17). The minimum absolute atomic E-state index is 0.0146. The summed E-state index contributed by atoms with van der Waals surface area (Å²) in [4.78, 5) is 14.3. The van der Waals surface area contributed by atoms with E-state index in [0.717, 1.165) is 12.2 Å². The summed E-state index contributed by atoms with van der Waals surface area (Å²) in [6.45, 7) is 2.58. The van der Waals surface area contributed by atoms with E-state index in [4.69, 9.17) is 5.41 Å². The number of nitrogens with one attached hydrogen (secondary N) is 2. The second-order valence-electron chi connectivity index (χ2n) is 5.01. The number of thioether (sulfide) groups is 1. The van der Waals surface area contributed by atoms with E-state index in [1.54, 1.807) is 18.4 Å². The molecule has 0 saturated heterocycles. The molecule has 4 nitrogen and oxygen atoms in total. The second kappa shape index (κ2) is 7.66. The molecule has 0 aromatic carbocycles. The molecule has 0 saturated carbocycles. The van der Waals surface area contributed by atoms with Crippen LogP contribution in [0.4, 0.5) is 0 Å². The highest BCUT2D eigenvalue weighted by molar-refractivity contribution is 8.03. The van der Waals surface area contributed by atoms with Gasteiger partial charge in [0.25, 0.3) is 0 Å². The average molecular weight is 323 g/mol. The second-order valence-corrected chi connectivity index (χ2v) is 6.94. The third-order valence-corrected chi connectivity index (χ3v) is 5.29. The summed E-state index contributed by atoms with van der Waals surface area (Å²) >= 11 is 3.55. The lowest BCUT2D eigenvalue weighted by Gasteiger charge is -2.19. The van der Waals surface area contributed by atoms with Crippen molar-refractivity contribution >= 4 is 35.0 Å². The molecule has 0 spiro atoms. The minimum atomic E-state index is -0.0146. The van der Waals surface area contributed by atoms with E-state index in [1.807, 2.05) is 18.7 Å². The van der Waals surface area contributed by atoms with Gasteiger partial charge in [-0.05, 0) is 28.8 Å². The number of carbonyl (C=O) groups is 1. The fourth-order valence-corrected chi connectivity index (χ4v) is 3.94. The van der Waals surface area contributed by atoms with Crippen LogP contribution in [0.1, 0.15) is 31.2 Å². The molecule has 1 aromatic heterocycles. The molecule has 1 atom stereocenters. The Morgan fingerprint density at radius 3 is 3.05 bits per heavy atom. The van der Waals surface area contributed by atoms with Gasteiger partial charge in [-0.2, -0.15) is 11.3 Å². The highest BCUT2D eigenvalue weighted by Gasteiger charge is 2.19. The zero-order valence-electron chi connectivity index (χ0n) is 12.4. The molecule has 2 heterocycles. The van der Waals surface area contributed by atoms with Crippen molar-refractivity contribution in [3.8, 4) is 0 Å². The van der Waals surface area contributed by atoms with Gasteiger partial charge >= 0.3 is 0 Å². The van der Waals surface area contributed by atoms with Gasteiger partial charge in [-0.3, -0.25) is 15.1 Å². The number of guanidine groups is 1. The molecule has 1 amide bonds. The van der Waals surface area contributed by atoms with E-state index in [2.05, 4.69) is 28.2 Å². The molecule has 2 rings (SSSR count). The van der Waals surface area contributed by atoms with E-state index in [9.17, 15) is 4.79 Å². The fourth-order valence-electron chi connectivity index (χ4n) is 2.10. The van der Waals surface area contributed by atoms with Crippen molar-refractivity contribution in [1.29, 1.82) is 5.41 Å². The van der Waals surface area contributed by atoms with E-state index >= 15 is 0 Å². The fraction of sp³-hybridized carbons (Fsp3) is 0.467. The van der Waals surface area contributed by atoms with Crippen LogP contribution in [-0.2, 0) is 4.79 Å². The summed E-state index contributed by atoms with van der Waals surface area (Å²) in [5.41, 5.74) is 1.37. The number of carbonyl (C=O) groups excluding carboxylic acids is 1. The summed E-state index contributed by atoms with van der Waals surface area (Å²) in [6.07, 6.45) is 3.55. The molecule has 1 aliphatic heterocycles. The van der Waals surface area contributed by atoms with Crippen LogP contribution >= 0.6 is 23.1 Å². The lowest BCUT2D eigenvalue weighted by Crippen LogP contribution is -2.42. The maximum Gasteiger partial charge on any atom is 0.228 e.